The summed E-state index contributed by atoms with van der Waals surface area (Å²) in [6.07, 6.45) is 1.41. The van der Waals surface area contributed by atoms with E-state index in [1.807, 2.05) is 0 Å². The number of esters is 1. The van der Waals surface area contributed by atoms with E-state index in [0.29, 0.717) is 27.1 Å². The molecule has 0 spiro atoms. The summed E-state index contributed by atoms with van der Waals surface area (Å²) in [5.74, 6) is -0.316. The topological polar surface area (TPSA) is 116 Å². The zero-order chi connectivity index (χ0) is 21.1. The van der Waals surface area contributed by atoms with Gasteiger partial charge in [0.1, 0.15) is 23.2 Å². The monoisotopic (exact) mass is 454 g/mol. The fourth-order valence-corrected chi connectivity index (χ4v) is 3.11. The van der Waals surface area contributed by atoms with Gasteiger partial charge in [0, 0.05) is 15.3 Å². The van der Waals surface area contributed by atoms with Gasteiger partial charge in [0.15, 0.2) is 0 Å². The summed E-state index contributed by atoms with van der Waals surface area (Å²) in [5, 5.41) is 19.0. The minimum atomic E-state index is -0.611. The fourth-order valence-electron chi connectivity index (χ4n) is 2.75. The van der Waals surface area contributed by atoms with Gasteiger partial charge in [-0.15, -0.1) is 0 Å². The van der Waals surface area contributed by atoms with Crippen molar-refractivity contribution < 1.29 is 19.1 Å². The average Bonchev–Trinajstić information content (AvgIpc) is 3.14. The molecule has 0 aliphatic carbocycles. The van der Waals surface area contributed by atoms with E-state index in [2.05, 4.69) is 27.5 Å². The second-order valence-corrected chi connectivity index (χ2v) is 6.85. The lowest BCUT2D eigenvalue weighted by atomic mass is 10.1. The van der Waals surface area contributed by atoms with Crippen LogP contribution in [-0.4, -0.2) is 22.7 Å². The first-order chi connectivity index (χ1) is 13.8. The number of carbonyl (C=O) groups excluding carboxylic acids is 1. The molecule has 2 aromatic heterocycles. The average molecular weight is 455 g/mol. The zero-order valence-corrected chi connectivity index (χ0v) is 16.9. The number of benzene rings is 1. The maximum Gasteiger partial charge on any atom is 0.338 e. The van der Waals surface area contributed by atoms with Gasteiger partial charge in [-0.25, -0.2) is 4.79 Å². The molecule has 2 N–H and O–H groups in total. The molecule has 0 radical (unpaired) electrons. The largest absolute Gasteiger partial charge is 0.494 e. The molecular weight excluding hydrogens is 440 g/mol. The molecule has 0 fully saturated rings. The summed E-state index contributed by atoms with van der Waals surface area (Å²) in [6, 6.07) is 10.2. The third-order valence-corrected chi connectivity index (χ3v) is 4.60. The van der Waals surface area contributed by atoms with Gasteiger partial charge in [0.2, 0.25) is 5.88 Å². The van der Waals surface area contributed by atoms with Gasteiger partial charge in [0.25, 0.3) is 5.56 Å². The Balaban J connectivity index is 2.13. The van der Waals surface area contributed by atoms with Crippen molar-refractivity contribution in [1.29, 1.82) is 5.26 Å². The Hall–Kier alpha value is -3.57. The standard InChI is InChI=1S/C21H15BrN2O5/c1-3-28-21(27)16-8-12(22)4-6-14(16)18-7-5-13(29-18)9-15-11(2)17(10-23)20(26)24-19(15)25/h4-9,26H,2-3H2,1H3,(H,24,25). The maximum atomic E-state index is 12.3. The lowest BCUT2D eigenvalue weighted by molar-refractivity contribution is 0.0527. The number of hydrogen-bond acceptors (Lipinski definition) is 6. The van der Waals surface area contributed by atoms with E-state index in [0.717, 1.165) is 0 Å². The van der Waals surface area contributed by atoms with E-state index in [1.165, 1.54) is 6.08 Å². The molecule has 29 heavy (non-hydrogen) atoms. The number of pyridine rings is 1. The summed E-state index contributed by atoms with van der Waals surface area (Å²) >= 11 is 3.34. The number of hydrogen-bond donors (Lipinski definition) is 2. The van der Waals surface area contributed by atoms with Crippen LogP contribution in [0.15, 0.2) is 44.0 Å². The molecule has 0 aliphatic rings. The van der Waals surface area contributed by atoms with Gasteiger partial charge < -0.3 is 14.3 Å². The van der Waals surface area contributed by atoms with Crippen molar-refractivity contribution in [2.24, 2.45) is 0 Å². The summed E-state index contributed by atoms with van der Waals surface area (Å²) in [6.45, 7) is 5.65. The Labute approximate surface area is 173 Å². The van der Waals surface area contributed by atoms with E-state index in [4.69, 9.17) is 14.4 Å². The predicted molar refractivity (Wildman–Crippen MR) is 110 cm³/mol. The van der Waals surface area contributed by atoms with Crippen LogP contribution in [0.3, 0.4) is 0 Å². The van der Waals surface area contributed by atoms with Gasteiger partial charge >= 0.3 is 5.97 Å². The number of nitrogens with zero attached hydrogens (tertiary/aromatic N) is 1. The minimum Gasteiger partial charge on any atom is -0.494 e. The molecule has 3 aromatic rings. The number of nitrogens with one attached hydrogen (secondary N) is 1. The maximum absolute atomic E-state index is 12.3. The van der Waals surface area contributed by atoms with Crippen LogP contribution in [-0.2, 0) is 4.74 Å². The van der Waals surface area contributed by atoms with E-state index in [1.54, 1.807) is 43.3 Å². The van der Waals surface area contributed by atoms with Crippen molar-refractivity contribution in [2.75, 3.05) is 6.61 Å². The van der Waals surface area contributed by atoms with E-state index in [-0.39, 0.29) is 22.6 Å². The minimum absolute atomic E-state index is 0.0849. The molecule has 0 atom stereocenters. The molecule has 146 valence electrons. The van der Waals surface area contributed by atoms with Gasteiger partial charge in [0.05, 0.1) is 17.4 Å². The van der Waals surface area contributed by atoms with Crippen molar-refractivity contribution in [3.05, 3.63) is 72.5 Å². The Morgan fingerprint density at radius 1 is 1.41 bits per heavy atom. The molecule has 0 aliphatic heterocycles. The van der Waals surface area contributed by atoms with E-state index < -0.39 is 17.4 Å². The quantitative estimate of drug-likeness (QED) is 0.584. The number of aromatic amines is 1. The highest BCUT2D eigenvalue weighted by Gasteiger charge is 2.17. The number of furan rings is 1. The van der Waals surface area contributed by atoms with Crippen LogP contribution in [0.4, 0.5) is 0 Å². The molecule has 0 saturated heterocycles. The van der Waals surface area contributed by atoms with Gasteiger partial charge in [-0.1, -0.05) is 22.5 Å². The summed E-state index contributed by atoms with van der Waals surface area (Å²) in [5.41, 5.74) is 0.119. The zero-order valence-electron chi connectivity index (χ0n) is 15.3. The van der Waals surface area contributed by atoms with Crippen LogP contribution in [0.5, 0.6) is 5.88 Å². The number of carbonyl (C=O) groups is 1. The normalized spacial score (nSPS) is 11.3. The van der Waals surface area contributed by atoms with Gasteiger partial charge in [-0.2, -0.15) is 5.26 Å². The van der Waals surface area contributed by atoms with Crippen molar-refractivity contribution in [2.45, 2.75) is 6.92 Å². The van der Waals surface area contributed by atoms with Crippen molar-refractivity contribution in [3.63, 3.8) is 0 Å². The van der Waals surface area contributed by atoms with Gasteiger partial charge in [-0.05, 0) is 43.3 Å². The molecule has 8 heteroatoms. The second kappa shape index (κ2) is 8.20. The van der Waals surface area contributed by atoms with Crippen LogP contribution in [0.25, 0.3) is 24.0 Å². The van der Waals surface area contributed by atoms with Crippen LogP contribution in [0.1, 0.15) is 28.6 Å². The van der Waals surface area contributed by atoms with Crippen molar-refractivity contribution in [1.82, 2.24) is 4.98 Å². The second-order valence-electron chi connectivity index (χ2n) is 5.94. The first-order valence-electron chi connectivity index (χ1n) is 8.48. The number of aromatic hydroxyl groups is 1. The Morgan fingerprint density at radius 2 is 2.17 bits per heavy atom. The lowest BCUT2D eigenvalue weighted by Gasteiger charge is -2.07. The van der Waals surface area contributed by atoms with Crippen LogP contribution < -0.4 is 16.0 Å². The molecular formula is C21H15BrN2O5. The molecule has 0 amide bonds. The molecule has 7 nitrogen and oxygen atoms in total. The van der Waals surface area contributed by atoms with Crippen LogP contribution in [0.2, 0.25) is 0 Å². The third kappa shape index (κ3) is 4.00. The van der Waals surface area contributed by atoms with Crippen molar-refractivity contribution >= 4 is 34.6 Å². The molecule has 3 rings (SSSR count). The van der Waals surface area contributed by atoms with Crippen LogP contribution >= 0.6 is 15.9 Å². The first-order valence-corrected chi connectivity index (χ1v) is 9.28. The Kier molecular flexibility index (Phi) is 5.71. The summed E-state index contributed by atoms with van der Waals surface area (Å²) in [7, 11) is 0. The summed E-state index contributed by atoms with van der Waals surface area (Å²) in [4.78, 5) is 26.6. The molecule has 0 bridgehead atoms. The third-order valence-electron chi connectivity index (χ3n) is 4.11. The number of nitriles is 1. The number of halogens is 1. The highest BCUT2D eigenvalue weighted by Crippen LogP contribution is 2.29. The number of aromatic nitrogens is 1. The summed E-state index contributed by atoms with van der Waals surface area (Å²) < 4.78 is 11.6. The molecule has 2 heterocycles. The SMILES string of the molecule is C=c1c(C#N)c(O)[nH]c(=O)c1=Cc1ccc(-c2ccc(Br)cc2C(=O)OCC)o1. The molecule has 0 unspecified atom stereocenters. The first kappa shape index (κ1) is 20.2. The lowest BCUT2D eigenvalue weighted by Crippen LogP contribution is -2.41. The Bertz CT molecular complexity index is 1310. The fraction of sp³-hybridized carbons (Fsp3) is 0.0952. The highest BCUT2D eigenvalue weighted by atomic mass is 79.9. The predicted octanol–water partition coefficient (Wildman–Crippen LogP) is 2.39. The van der Waals surface area contributed by atoms with E-state index >= 15 is 0 Å². The van der Waals surface area contributed by atoms with Crippen LogP contribution in [0, 0.1) is 11.3 Å². The number of ether oxygens (including phenoxy) is 1. The number of rotatable bonds is 4. The number of H-pyrrole nitrogens is 1. The highest BCUT2D eigenvalue weighted by molar-refractivity contribution is 9.10. The smallest absolute Gasteiger partial charge is 0.338 e. The van der Waals surface area contributed by atoms with Gasteiger partial charge in [-0.3, -0.25) is 9.78 Å². The van der Waals surface area contributed by atoms with Crippen molar-refractivity contribution in [3.8, 4) is 23.3 Å². The molecule has 0 saturated carbocycles. The Morgan fingerprint density at radius 3 is 2.86 bits per heavy atom. The molecule has 1 aromatic carbocycles. The van der Waals surface area contributed by atoms with E-state index in [9.17, 15) is 14.7 Å².